The predicted octanol–water partition coefficient (Wildman–Crippen LogP) is 3.57. The number of fused-ring (bicyclic) bond motifs is 1. The van der Waals surface area contributed by atoms with Crippen molar-refractivity contribution in [3.05, 3.63) is 57.4 Å². The first-order valence-electron chi connectivity index (χ1n) is 7.85. The van der Waals surface area contributed by atoms with Gasteiger partial charge >= 0.3 is 0 Å². The van der Waals surface area contributed by atoms with Gasteiger partial charge in [-0.2, -0.15) is 0 Å². The van der Waals surface area contributed by atoms with Gasteiger partial charge in [0.25, 0.3) is 17.3 Å². The monoisotopic (exact) mass is 338 g/mol. The molecule has 1 saturated carbocycles. The Hall–Kier alpha value is -3.29. The summed E-state index contributed by atoms with van der Waals surface area (Å²) in [6.07, 6.45) is 2.10. The van der Waals surface area contributed by atoms with Crippen LogP contribution >= 0.6 is 0 Å². The average molecular weight is 338 g/mol. The third-order valence-corrected chi connectivity index (χ3v) is 4.21. The summed E-state index contributed by atoms with van der Waals surface area (Å²) in [5, 5.41) is 18.0. The molecular weight excluding hydrogens is 324 g/mol. The number of carbonyl (C=O) groups is 1. The van der Waals surface area contributed by atoms with Crippen molar-refractivity contribution in [1.82, 2.24) is 10.1 Å². The van der Waals surface area contributed by atoms with Crippen LogP contribution in [0.15, 0.2) is 34.9 Å². The maximum atomic E-state index is 12.8. The predicted molar refractivity (Wildman–Crippen MR) is 89.6 cm³/mol. The van der Waals surface area contributed by atoms with Crippen LogP contribution in [0.25, 0.3) is 11.1 Å². The third kappa shape index (κ3) is 2.82. The average Bonchev–Trinajstić information content (AvgIpc) is 3.38. The molecule has 0 radical (unpaired) electrons. The largest absolute Gasteiger partial charge is 0.336 e. The Bertz CT molecular complexity index is 990. The number of nitrogens with one attached hydrogen (secondary N) is 1. The molecule has 0 bridgehead atoms. The number of hydrogen-bond donors (Lipinski definition) is 1. The summed E-state index contributed by atoms with van der Waals surface area (Å²) in [5.41, 5.74) is 2.67. The van der Waals surface area contributed by atoms with Gasteiger partial charge in [0.05, 0.1) is 21.6 Å². The number of carbonyl (C=O) groups excluding carboxylic acids is 1. The number of rotatable bonds is 4. The molecule has 1 aliphatic rings. The second-order valence-corrected chi connectivity index (χ2v) is 6.08. The van der Waals surface area contributed by atoms with Crippen molar-refractivity contribution >= 4 is 28.4 Å². The molecule has 3 aromatic rings. The quantitative estimate of drug-likeness (QED) is 0.575. The van der Waals surface area contributed by atoms with Gasteiger partial charge in [0.1, 0.15) is 0 Å². The summed E-state index contributed by atoms with van der Waals surface area (Å²) in [7, 11) is 0. The molecule has 0 spiro atoms. The van der Waals surface area contributed by atoms with E-state index in [1.807, 2.05) is 0 Å². The number of aromatic nitrogens is 2. The molecule has 0 aliphatic heterocycles. The molecule has 2 aromatic heterocycles. The molecule has 25 heavy (non-hydrogen) atoms. The molecule has 1 N–H and O–H groups in total. The molecule has 1 fully saturated rings. The van der Waals surface area contributed by atoms with Gasteiger partial charge in [-0.1, -0.05) is 5.16 Å². The smallest absolute Gasteiger partial charge is 0.269 e. The van der Waals surface area contributed by atoms with E-state index >= 15 is 0 Å². The Balaban J connectivity index is 1.69. The standard InChI is InChI=1S/C17H14N4O4/c1-9-15-13(8-14(10-2-3-10)19-17(15)25-20-9)16(22)18-11-4-6-12(7-5-11)21(23)24/h4-8,10H,2-3H2,1H3,(H,18,22). The first kappa shape index (κ1) is 15.3. The van der Waals surface area contributed by atoms with E-state index in [2.05, 4.69) is 15.5 Å². The van der Waals surface area contributed by atoms with Crippen LogP contribution in [0.2, 0.25) is 0 Å². The number of aryl methyl sites for hydroxylation is 1. The van der Waals surface area contributed by atoms with Crippen molar-refractivity contribution in [2.45, 2.75) is 25.7 Å². The molecule has 1 aliphatic carbocycles. The maximum absolute atomic E-state index is 12.8. The zero-order valence-electron chi connectivity index (χ0n) is 13.4. The molecule has 8 nitrogen and oxygen atoms in total. The van der Waals surface area contributed by atoms with E-state index in [1.54, 1.807) is 13.0 Å². The molecule has 126 valence electrons. The van der Waals surface area contributed by atoms with Crippen LogP contribution in [0.1, 0.15) is 40.5 Å². The number of anilines is 1. The van der Waals surface area contributed by atoms with Gasteiger partial charge in [-0.25, -0.2) is 4.98 Å². The lowest BCUT2D eigenvalue weighted by Crippen LogP contribution is -2.13. The highest BCUT2D eigenvalue weighted by atomic mass is 16.6. The fourth-order valence-electron chi connectivity index (χ4n) is 2.75. The molecule has 1 aromatic carbocycles. The van der Waals surface area contributed by atoms with Gasteiger partial charge in [0.2, 0.25) is 0 Å². The Labute approximate surface area is 142 Å². The van der Waals surface area contributed by atoms with Crippen LogP contribution in [0, 0.1) is 17.0 Å². The van der Waals surface area contributed by atoms with Gasteiger partial charge < -0.3 is 9.84 Å². The topological polar surface area (TPSA) is 111 Å². The van der Waals surface area contributed by atoms with Crippen LogP contribution in [0.4, 0.5) is 11.4 Å². The van der Waals surface area contributed by atoms with Crippen molar-refractivity contribution < 1.29 is 14.2 Å². The second-order valence-electron chi connectivity index (χ2n) is 6.08. The number of hydrogen-bond acceptors (Lipinski definition) is 6. The van der Waals surface area contributed by atoms with Crippen LogP contribution in [0.5, 0.6) is 0 Å². The van der Waals surface area contributed by atoms with Crippen molar-refractivity contribution in [2.75, 3.05) is 5.32 Å². The minimum Gasteiger partial charge on any atom is -0.336 e. The molecule has 0 unspecified atom stereocenters. The molecule has 8 heteroatoms. The van der Waals surface area contributed by atoms with Crippen molar-refractivity contribution in [3.63, 3.8) is 0 Å². The highest BCUT2D eigenvalue weighted by molar-refractivity contribution is 6.12. The van der Waals surface area contributed by atoms with E-state index in [4.69, 9.17) is 4.52 Å². The van der Waals surface area contributed by atoms with Crippen molar-refractivity contribution in [2.24, 2.45) is 0 Å². The summed E-state index contributed by atoms with van der Waals surface area (Å²) >= 11 is 0. The highest BCUT2D eigenvalue weighted by Gasteiger charge is 2.28. The van der Waals surface area contributed by atoms with Crippen LogP contribution < -0.4 is 5.32 Å². The van der Waals surface area contributed by atoms with E-state index in [-0.39, 0.29) is 11.6 Å². The Morgan fingerprint density at radius 1 is 1.32 bits per heavy atom. The first-order valence-corrected chi connectivity index (χ1v) is 7.85. The van der Waals surface area contributed by atoms with Crippen LogP contribution in [-0.2, 0) is 0 Å². The van der Waals surface area contributed by atoms with Gasteiger partial charge in [0, 0.05) is 29.4 Å². The van der Waals surface area contributed by atoms with E-state index in [0.717, 1.165) is 18.5 Å². The number of non-ortho nitro benzene ring substituents is 1. The Morgan fingerprint density at radius 3 is 2.68 bits per heavy atom. The molecule has 4 rings (SSSR count). The highest BCUT2D eigenvalue weighted by Crippen LogP contribution is 2.40. The van der Waals surface area contributed by atoms with Crippen molar-refractivity contribution in [3.8, 4) is 0 Å². The molecule has 0 saturated heterocycles. The van der Waals surface area contributed by atoms with Crippen LogP contribution in [0.3, 0.4) is 0 Å². The first-order chi connectivity index (χ1) is 12.0. The lowest BCUT2D eigenvalue weighted by molar-refractivity contribution is -0.384. The summed E-state index contributed by atoms with van der Waals surface area (Å²) < 4.78 is 5.23. The summed E-state index contributed by atoms with van der Waals surface area (Å²) in [6, 6.07) is 7.47. The van der Waals surface area contributed by atoms with E-state index in [9.17, 15) is 14.9 Å². The van der Waals surface area contributed by atoms with Gasteiger partial charge in [-0.15, -0.1) is 0 Å². The molecule has 2 heterocycles. The van der Waals surface area contributed by atoms with Crippen molar-refractivity contribution in [1.29, 1.82) is 0 Å². The van der Waals surface area contributed by atoms with Gasteiger partial charge in [-0.3, -0.25) is 14.9 Å². The van der Waals surface area contributed by atoms with Crippen LogP contribution in [-0.4, -0.2) is 21.0 Å². The fraction of sp³-hybridized carbons (Fsp3) is 0.235. The number of amides is 1. The molecular formula is C17H14N4O4. The number of nitrogens with zero attached hydrogens (tertiary/aromatic N) is 3. The lowest BCUT2D eigenvalue weighted by Gasteiger charge is -2.08. The maximum Gasteiger partial charge on any atom is 0.269 e. The molecule has 1 amide bonds. The Kier molecular flexibility index (Phi) is 3.45. The van der Waals surface area contributed by atoms with E-state index in [1.165, 1.54) is 24.3 Å². The zero-order valence-corrected chi connectivity index (χ0v) is 13.4. The summed E-state index contributed by atoms with van der Waals surface area (Å²) in [5.74, 6) is 0.0372. The number of benzene rings is 1. The SMILES string of the molecule is Cc1noc2nc(C3CC3)cc(C(=O)Nc3ccc([N+](=O)[O-])cc3)c12. The second kappa shape index (κ2) is 5.66. The third-order valence-electron chi connectivity index (χ3n) is 4.21. The van der Waals surface area contributed by atoms with Gasteiger partial charge in [0.15, 0.2) is 0 Å². The normalized spacial score (nSPS) is 13.8. The summed E-state index contributed by atoms with van der Waals surface area (Å²) in [4.78, 5) is 27.4. The molecule has 0 atom stereocenters. The zero-order chi connectivity index (χ0) is 17.6. The number of nitro benzene ring substituents is 1. The lowest BCUT2D eigenvalue weighted by atomic mass is 10.1. The number of pyridine rings is 1. The minimum atomic E-state index is -0.486. The van der Waals surface area contributed by atoms with E-state index < -0.39 is 4.92 Å². The summed E-state index contributed by atoms with van der Waals surface area (Å²) in [6.45, 7) is 1.76. The number of nitro groups is 1. The van der Waals surface area contributed by atoms with Gasteiger partial charge in [-0.05, 0) is 38.0 Å². The Morgan fingerprint density at radius 2 is 2.04 bits per heavy atom. The fourth-order valence-corrected chi connectivity index (χ4v) is 2.75. The minimum absolute atomic E-state index is 0.0322. The van der Waals surface area contributed by atoms with E-state index in [0.29, 0.717) is 34.0 Å².